The second-order valence-corrected chi connectivity index (χ2v) is 7.89. The quantitative estimate of drug-likeness (QED) is 0.610. The predicted octanol–water partition coefficient (Wildman–Crippen LogP) is 2.80. The maximum Gasteiger partial charge on any atom is 0.279 e. The highest BCUT2D eigenvalue weighted by atomic mass is 79.9. The molecule has 0 bridgehead atoms. The number of fused-ring (bicyclic) bond motifs is 1. The zero-order chi connectivity index (χ0) is 17.7. The molecule has 2 heterocycles. The van der Waals surface area contributed by atoms with Crippen LogP contribution in [-0.2, 0) is 4.79 Å². The summed E-state index contributed by atoms with van der Waals surface area (Å²) in [6.45, 7) is 0. The fourth-order valence-electron chi connectivity index (χ4n) is 2.66. The van der Waals surface area contributed by atoms with E-state index in [1.807, 2.05) is 6.07 Å². The number of thiazole rings is 1. The predicted molar refractivity (Wildman–Crippen MR) is 100 cm³/mol. The molecule has 0 atom stereocenters. The van der Waals surface area contributed by atoms with E-state index in [2.05, 4.69) is 20.9 Å². The van der Waals surface area contributed by atoms with Gasteiger partial charge in [0.05, 0.1) is 16.6 Å². The lowest BCUT2D eigenvalue weighted by molar-refractivity contribution is -0.112. The third kappa shape index (κ3) is 2.62. The molecule has 1 aliphatic rings. The number of aromatic hydroxyl groups is 2. The van der Waals surface area contributed by atoms with Gasteiger partial charge < -0.3 is 10.2 Å². The first-order chi connectivity index (χ1) is 12.0. The van der Waals surface area contributed by atoms with E-state index < -0.39 is 5.91 Å². The summed E-state index contributed by atoms with van der Waals surface area (Å²) in [5.41, 5.74) is 0.933. The van der Waals surface area contributed by atoms with Gasteiger partial charge in [-0.2, -0.15) is 0 Å². The van der Waals surface area contributed by atoms with Crippen molar-refractivity contribution < 1.29 is 15.0 Å². The van der Waals surface area contributed by atoms with Crippen molar-refractivity contribution in [3.05, 3.63) is 66.3 Å². The van der Waals surface area contributed by atoms with Crippen molar-refractivity contribution in [2.75, 3.05) is 0 Å². The smallest absolute Gasteiger partial charge is 0.279 e. The minimum absolute atomic E-state index is 0.114. The first-order valence-corrected chi connectivity index (χ1v) is 9.15. The number of benzene rings is 2. The second kappa shape index (κ2) is 5.91. The van der Waals surface area contributed by atoms with E-state index in [1.54, 1.807) is 24.3 Å². The second-order valence-electron chi connectivity index (χ2n) is 5.33. The molecule has 5 nitrogen and oxygen atoms in total. The van der Waals surface area contributed by atoms with Gasteiger partial charge in [0, 0.05) is 9.69 Å². The van der Waals surface area contributed by atoms with Gasteiger partial charge in [0.2, 0.25) is 5.88 Å². The minimum Gasteiger partial charge on any atom is -0.508 e. The molecular formula is C17H9BrN2O3S2. The summed E-state index contributed by atoms with van der Waals surface area (Å²) >= 11 is 9.90. The van der Waals surface area contributed by atoms with Gasteiger partial charge in [-0.1, -0.05) is 15.9 Å². The van der Waals surface area contributed by atoms with Gasteiger partial charge in [0.25, 0.3) is 5.91 Å². The Labute approximate surface area is 159 Å². The van der Waals surface area contributed by atoms with Crippen LogP contribution in [0.5, 0.6) is 11.6 Å². The molecule has 0 saturated carbocycles. The van der Waals surface area contributed by atoms with Crippen molar-refractivity contribution >= 4 is 51.0 Å². The largest absolute Gasteiger partial charge is 0.508 e. The van der Waals surface area contributed by atoms with Crippen LogP contribution < -0.4 is 10.6 Å². The van der Waals surface area contributed by atoms with E-state index >= 15 is 0 Å². The highest BCUT2D eigenvalue weighted by Crippen LogP contribution is 2.35. The number of halogens is 1. The van der Waals surface area contributed by atoms with Crippen LogP contribution in [0.15, 0.2) is 51.9 Å². The summed E-state index contributed by atoms with van der Waals surface area (Å²) in [4.78, 5) is 16.8. The van der Waals surface area contributed by atoms with Gasteiger partial charge in [0.1, 0.15) is 10.6 Å². The minimum atomic E-state index is -0.405. The molecule has 3 aromatic rings. The number of nitrogens with zero attached hydrogens (tertiary/aromatic N) is 2. The normalized spacial score (nSPS) is 13.0. The lowest BCUT2D eigenvalue weighted by atomic mass is 10.1. The summed E-state index contributed by atoms with van der Waals surface area (Å²) in [5, 5.41) is 21.4. The number of phenolic OH excluding ortho intramolecular Hbond substituents is 1. The fourth-order valence-corrected chi connectivity index (χ4v) is 4.41. The highest BCUT2D eigenvalue weighted by Gasteiger charge is 2.25. The number of aromatic nitrogens is 1. The monoisotopic (exact) mass is 432 g/mol. The first-order valence-electron chi connectivity index (χ1n) is 7.13. The molecule has 2 N–H and O–H groups in total. The molecule has 0 spiro atoms. The topological polar surface area (TPSA) is 74.8 Å². The van der Waals surface area contributed by atoms with Crippen LogP contribution in [-0.4, -0.2) is 20.7 Å². The molecule has 25 heavy (non-hydrogen) atoms. The molecule has 0 saturated heterocycles. The fraction of sp³-hybridized carbons (Fsp3) is 0. The Bertz CT molecular complexity index is 1210. The third-order valence-corrected chi connectivity index (χ3v) is 5.66. The molecule has 2 aromatic carbocycles. The number of amides is 1. The number of hydrogen-bond donors (Lipinski definition) is 2. The maximum absolute atomic E-state index is 12.4. The van der Waals surface area contributed by atoms with Crippen LogP contribution in [0.3, 0.4) is 0 Å². The van der Waals surface area contributed by atoms with Crippen molar-refractivity contribution in [2.45, 2.75) is 0 Å². The summed E-state index contributed by atoms with van der Waals surface area (Å²) in [5.74, 6) is -0.410. The Hall–Kier alpha value is -2.29. The Balaban J connectivity index is 2.00. The van der Waals surface area contributed by atoms with Crippen molar-refractivity contribution in [1.82, 2.24) is 4.57 Å². The van der Waals surface area contributed by atoms with E-state index in [0.717, 1.165) is 15.8 Å². The molecule has 0 aliphatic carbocycles. The molecule has 1 aliphatic heterocycles. The van der Waals surface area contributed by atoms with Gasteiger partial charge in [-0.3, -0.25) is 9.36 Å². The molecule has 1 aromatic heterocycles. The first kappa shape index (κ1) is 16.2. The van der Waals surface area contributed by atoms with Gasteiger partial charge in [-0.15, -0.1) is 11.3 Å². The highest BCUT2D eigenvalue weighted by molar-refractivity contribution is 9.10. The van der Waals surface area contributed by atoms with Crippen molar-refractivity contribution in [3.63, 3.8) is 0 Å². The van der Waals surface area contributed by atoms with Crippen molar-refractivity contribution in [3.8, 4) is 17.3 Å². The molecule has 0 fully saturated rings. The van der Waals surface area contributed by atoms with Crippen LogP contribution >= 0.6 is 39.5 Å². The Kier molecular flexibility index (Phi) is 3.82. The van der Waals surface area contributed by atoms with Crippen LogP contribution in [0.1, 0.15) is 4.88 Å². The van der Waals surface area contributed by atoms with E-state index in [1.165, 1.54) is 16.7 Å². The molecule has 4 rings (SSSR count). The van der Waals surface area contributed by atoms with Gasteiger partial charge in [-0.25, -0.2) is 4.99 Å². The molecule has 0 unspecified atom stereocenters. The van der Waals surface area contributed by atoms with Crippen LogP contribution in [0, 0.1) is 3.95 Å². The lowest BCUT2D eigenvalue weighted by Gasteiger charge is -2.05. The average molecular weight is 433 g/mol. The number of carbonyl (C=O) groups is 1. The number of rotatable bonds is 2. The Morgan fingerprint density at radius 3 is 2.56 bits per heavy atom. The van der Waals surface area contributed by atoms with Gasteiger partial charge in [0.15, 0.2) is 3.95 Å². The SMILES string of the molecule is O=C1N=c2ccc(Br)cc2=C1c1sc(=S)n(-c2ccc(O)cc2)c1O. The van der Waals surface area contributed by atoms with Crippen molar-refractivity contribution in [1.29, 1.82) is 0 Å². The average Bonchev–Trinajstić information content (AvgIpc) is 3.04. The van der Waals surface area contributed by atoms with E-state index in [0.29, 0.717) is 30.7 Å². The molecule has 1 amide bonds. The molecule has 0 radical (unpaired) electrons. The molecule has 8 heteroatoms. The summed E-state index contributed by atoms with van der Waals surface area (Å²) in [6.07, 6.45) is 0. The Morgan fingerprint density at radius 1 is 1.12 bits per heavy atom. The molecule has 124 valence electrons. The van der Waals surface area contributed by atoms with E-state index in [9.17, 15) is 15.0 Å². The van der Waals surface area contributed by atoms with Crippen LogP contribution in [0.4, 0.5) is 0 Å². The van der Waals surface area contributed by atoms with Gasteiger partial charge in [-0.05, 0) is 54.7 Å². The van der Waals surface area contributed by atoms with E-state index in [4.69, 9.17) is 12.2 Å². The zero-order valence-corrected chi connectivity index (χ0v) is 15.7. The standard InChI is InChI=1S/C17H9BrN2O3S2/c18-8-1-6-12-11(7-8)13(15(22)19-12)14-16(23)20(17(24)25-14)9-2-4-10(21)5-3-9/h1-7,21,23H. The summed E-state index contributed by atoms with van der Waals surface area (Å²) in [7, 11) is 0. The maximum atomic E-state index is 12.4. The van der Waals surface area contributed by atoms with Crippen LogP contribution in [0.2, 0.25) is 0 Å². The summed E-state index contributed by atoms with van der Waals surface area (Å²) in [6, 6.07) is 11.6. The zero-order valence-electron chi connectivity index (χ0n) is 12.4. The number of carbonyl (C=O) groups excluding carboxylic acids is 1. The van der Waals surface area contributed by atoms with E-state index in [-0.39, 0.29) is 11.6 Å². The lowest BCUT2D eigenvalue weighted by Crippen LogP contribution is -2.22. The number of phenols is 1. The van der Waals surface area contributed by atoms with Crippen molar-refractivity contribution in [2.24, 2.45) is 4.99 Å². The summed E-state index contributed by atoms with van der Waals surface area (Å²) < 4.78 is 2.67. The Morgan fingerprint density at radius 2 is 1.84 bits per heavy atom. The number of hydrogen-bond acceptors (Lipinski definition) is 5. The third-order valence-electron chi connectivity index (χ3n) is 3.79. The molecular weight excluding hydrogens is 424 g/mol. The van der Waals surface area contributed by atoms with Gasteiger partial charge >= 0.3 is 0 Å². The van der Waals surface area contributed by atoms with Crippen LogP contribution in [0.25, 0.3) is 11.3 Å².